The first-order valence-electron chi connectivity index (χ1n) is 9.69. The van der Waals surface area contributed by atoms with E-state index in [-0.39, 0.29) is 5.78 Å². The van der Waals surface area contributed by atoms with Gasteiger partial charge in [0.1, 0.15) is 11.2 Å². The van der Waals surface area contributed by atoms with E-state index in [2.05, 4.69) is 6.92 Å². The zero-order valence-corrected chi connectivity index (χ0v) is 15.7. The second-order valence-electron chi connectivity index (χ2n) is 7.35. The first-order chi connectivity index (χ1) is 10.9. The number of carboxylic acids is 1. The lowest BCUT2D eigenvalue weighted by Gasteiger charge is -2.17. The van der Waals surface area contributed by atoms with Crippen molar-refractivity contribution in [3.63, 3.8) is 0 Å². The predicted molar refractivity (Wildman–Crippen MR) is 96.7 cm³/mol. The van der Waals surface area contributed by atoms with Crippen molar-refractivity contribution >= 4 is 11.8 Å². The van der Waals surface area contributed by atoms with Crippen LogP contribution in [0.1, 0.15) is 111 Å². The number of ketones is 1. The lowest BCUT2D eigenvalue weighted by molar-refractivity contribution is -0.152. The maximum atomic E-state index is 11.8. The second-order valence-corrected chi connectivity index (χ2v) is 7.35. The molecule has 0 unspecified atom stereocenters. The van der Waals surface area contributed by atoms with Crippen LogP contribution in [-0.2, 0) is 9.59 Å². The monoisotopic (exact) mass is 326 g/mol. The van der Waals surface area contributed by atoms with E-state index in [0.29, 0.717) is 6.42 Å². The topological polar surface area (TPSA) is 54.4 Å². The van der Waals surface area contributed by atoms with Gasteiger partial charge in [0.2, 0.25) is 0 Å². The van der Waals surface area contributed by atoms with E-state index in [1.165, 1.54) is 78.1 Å². The lowest BCUT2D eigenvalue weighted by atomic mass is 9.85. The summed E-state index contributed by atoms with van der Waals surface area (Å²) in [4.78, 5) is 22.8. The number of hydrogen-bond donors (Lipinski definition) is 1. The third kappa shape index (κ3) is 11.3. The third-order valence-electron chi connectivity index (χ3n) is 4.74. The summed E-state index contributed by atoms with van der Waals surface area (Å²) in [6.07, 6.45) is 16.9. The van der Waals surface area contributed by atoms with Crippen LogP contribution in [0.15, 0.2) is 0 Å². The number of aliphatic carboxylic acids is 1. The van der Waals surface area contributed by atoms with E-state index < -0.39 is 11.4 Å². The summed E-state index contributed by atoms with van der Waals surface area (Å²) in [6, 6.07) is 0. The molecule has 0 aromatic rings. The van der Waals surface area contributed by atoms with Crippen LogP contribution in [0.3, 0.4) is 0 Å². The zero-order chi connectivity index (χ0) is 17.6. The molecule has 0 aliphatic carbocycles. The summed E-state index contributed by atoms with van der Waals surface area (Å²) in [7, 11) is 0. The standard InChI is InChI=1S/C20H38O3/c1-4-5-6-7-8-9-10-11-12-13-14-15-16-17-18(21)20(2,3)19(22)23/h4-17H2,1-3H3,(H,22,23). The van der Waals surface area contributed by atoms with Gasteiger partial charge in [-0.2, -0.15) is 0 Å². The van der Waals surface area contributed by atoms with Gasteiger partial charge in [0.05, 0.1) is 0 Å². The van der Waals surface area contributed by atoms with Gasteiger partial charge in [-0.15, -0.1) is 0 Å². The number of Topliss-reactive ketones (excluding diaryl/α,β-unsaturated/α-hetero) is 1. The normalized spacial score (nSPS) is 11.6. The van der Waals surface area contributed by atoms with Gasteiger partial charge in [0, 0.05) is 6.42 Å². The van der Waals surface area contributed by atoms with Crippen LogP contribution in [-0.4, -0.2) is 16.9 Å². The van der Waals surface area contributed by atoms with Gasteiger partial charge in [0.25, 0.3) is 0 Å². The van der Waals surface area contributed by atoms with Crippen molar-refractivity contribution < 1.29 is 14.7 Å². The highest BCUT2D eigenvalue weighted by molar-refractivity contribution is 6.02. The van der Waals surface area contributed by atoms with Crippen molar-refractivity contribution in [1.29, 1.82) is 0 Å². The van der Waals surface area contributed by atoms with E-state index in [1.807, 2.05) is 0 Å². The fraction of sp³-hybridized carbons (Fsp3) is 0.900. The van der Waals surface area contributed by atoms with Crippen molar-refractivity contribution in [1.82, 2.24) is 0 Å². The summed E-state index contributed by atoms with van der Waals surface area (Å²) in [5.74, 6) is -1.16. The number of carbonyl (C=O) groups excluding carboxylic acids is 1. The predicted octanol–water partition coefficient (Wildman–Crippen LogP) is 6.15. The second kappa shape index (κ2) is 13.6. The molecule has 0 heterocycles. The smallest absolute Gasteiger partial charge is 0.316 e. The van der Waals surface area contributed by atoms with E-state index in [9.17, 15) is 9.59 Å². The fourth-order valence-electron chi connectivity index (χ4n) is 2.74. The van der Waals surface area contributed by atoms with Gasteiger partial charge >= 0.3 is 5.97 Å². The number of carbonyl (C=O) groups is 2. The number of rotatable bonds is 16. The molecule has 0 saturated heterocycles. The molecule has 0 amide bonds. The quantitative estimate of drug-likeness (QED) is 0.273. The Balaban J connectivity index is 3.34. The van der Waals surface area contributed by atoms with Crippen molar-refractivity contribution in [2.45, 2.75) is 111 Å². The maximum Gasteiger partial charge on any atom is 0.316 e. The molecule has 0 aliphatic rings. The van der Waals surface area contributed by atoms with E-state index in [1.54, 1.807) is 0 Å². The average Bonchev–Trinajstić information content (AvgIpc) is 2.51. The Morgan fingerprint density at radius 2 is 1.04 bits per heavy atom. The van der Waals surface area contributed by atoms with Crippen LogP contribution in [0.2, 0.25) is 0 Å². The van der Waals surface area contributed by atoms with Crippen LogP contribution in [0.25, 0.3) is 0 Å². The minimum Gasteiger partial charge on any atom is -0.481 e. The summed E-state index contributed by atoms with van der Waals surface area (Å²) in [5, 5.41) is 8.99. The van der Waals surface area contributed by atoms with Crippen molar-refractivity contribution in [2.24, 2.45) is 5.41 Å². The Bertz CT molecular complexity index is 321. The minimum absolute atomic E-state index is 0.145. The summed E-state index contributed by atoms with van der Waals surface area (Å²) < 4.78 is 0. The highest BCUT2D eigenvalue weighted by atomic mass is 16.4. The highest BCUT2D eigenvalue weighted by Gasteiger charge is 2.34. The van der Waals surface area contributed by atoms with Crippen LogP contribution < -0.4 is 0 Å². The van der Waals surface area contributed by atoms with E-state index >= 15 is 0 Å². The molecule has 3 nitrogen and oxygen atoms in total. The first kappa shape index (κ1) is 22.1. The van der Waals surface area contributed by atoms with Crippen molar-refractivity contribution in [3.05, 3.63) is 0 Å². The Labute approximate surface area is 143 Å². The maximum absolute atomic E-state index is 11.8. The third-order valence-corrected chi connectivity index (χ3v) is 4.74. The molecule has 0 fully saturated rings. The Kier molecular flexibility index (Phi) is 13.1. The molecule has 23 heavy (non-hydrogen) atoms. The number of hydrogen-bond acceptors (Lipinski definition) is 2. The molecule has 0 aromatic heterocycles. The minimum atomic E-state index is -1.23. The largest absolute Gasteiger partial charge is 0.481 e. The van der Waals surface area contributed by atoms with Crippen LogP contribution >= 0.6 is 0 Å². The molecule has 0 bridgehead atoms. The van der Waals surface area contributed by atoms with Crippen molar-refractivity contribution in [2.75, 3.05) is 0 Å². The fourth-order valence-corrected chi connectivity index (χ4v) is 2.74. The van der Waals surface area contributed by atoms with Crippen LogP contribution in [0.5, 0.6) is 0 Å². The molecule has 136 valence electrons. The summed E-state index contributed by atoms with van der Waals surface area (Å²) >= 11 is 0. The molecule has 1 N–H and O–H groups in total. The molecule has 0 aromatic carbocycles. The summed E-state index contributed by atoms with van der Waals surface area (Å²) in [5.41, 5.74) is -1.23. The Morgan fingerprint density at radius 1 is 0.696 bits per heavy atom. The lowest BCUT2D eigenvalue weighted by Crippen LogP contribution is -2.33. The highest BCUT2D eigenvalue weighted by Crippen LogP contribution is 2.21. The van der Waals surface area contributed by atoms with Gasteiger partial charge in [-0.05, 0) is 20.3 Å². The molecule has 0 spiro atoms. The van der Waals surface area contributed by atoms with Gasteiger partial charge < -0.3 is 5.11 Å². The van der Waals surface area contributed by atoms with E-state index in [4.69, 9.17) is 5.11 Å². The molecule has 0 rings (SSSR count). The van der Waals surface area contributed by atoms with Gasteiger partial charge in [-0.3, -0.25) is 9.59 Å². The zero-order valence-electron chi connectivity index (χ0n) is 15.7. The molecular weight excluding hydrogens is 288 g/mol. The van der Waals surface area contributed by atoms with Crippen LogP contribution in [0, 0.1) is 5.41 Å². The molecule has 0 atom stereocenters. The molecule has 3 heteroatoms. The average molecular weight is 327 g/mol. The molecule has 0 saturated carbocycles. The molecule has 0 aliphatic heterocycles. The van der Waals surface area contributed by atoms with Crippen molar-refractivity contribution in [3.8, 4) is 0 Å². The number of unbranched alkanes of at least 4 members (excludes halogenated alkanes) is 12. The summed E-state index contributed by atoms with van der Waals surface area (Å²) in [6.45, 7) is 5.25. The van der Waals surface area contributed by atoms with Gasteiger partial charge in [-0.1, -0.05) is 84.0 Å². The Hall–Kier alpha value is -0.860. The van der Waals surface area contributed by atoms with Gasteiger partial charge in [-0.25, -0.2) is 0 Å². The first-order valence-corrected chi connectivity index (χ1v) is 9.69. The Morgan fingerprint density at radius 3 is 1.39 bits per heavy atom. The van der Waals surface area contributed by atoms with Gasteiger partial charge in [0.15, 0.2) is 0 Å². The van der Waals surface area contributed by atoms with Crippen LogP contribution in [0.4, 0.5) is 0 Å². The van der Waals surface area contributed by atoms with E-state index in [0.717, 1.165) is 19.3 Å². The number of carboxylic acid groups (broad SMARTS) is 1. The SMILES string of the molecule is CCCCCCCCCCCCCCCC(=O)C(C)(C)C(=O)O. The molecular formula is C20H38O3. The molecule has 0 radical (unpaired) electrons.